The molecule has 0 aliphatic heterocycles. The Bertz CT molecular complexity index is 968. The molecule has 2 N–H and O–H groups in total. The number of carbonyl (C=O) groups is 2. The SMILES string of the molecule is Cc1ccc(NC(=O)C(C)Oc2ccc(C(=O)NCCc3ccccc3)cc2)cc1. The Hall–Kier alpha value is -3.60. The van der Waals surface area contributed by atoms with Crippen LogP contribution in [-0.4, -0.2) is 24.5 Å². The van der Waals surface area contributed by atoms with E-state index in [2.05, 4.69) is 10.6 Å². The molecule has 5 nitrogen and oxygen atoms in total. The molecule has 0 aliphatic rings. The maximum absolute atomic E-state index is 12.3. The highest BCUT2D eigenvalue weighted by molar-refractivity contribution is 5.95. The Morgan fingerprint density at radius 3 is 2.23 bits per heavy atom. The summed E-state index contributed by atoms with van der Waals surface area (Å²) in [6, 6.07) is 24.4. The van der Waals surface area contributed by atoms with Gasteiger partial charge in [0.15, 0.2) is 6.10 Å². The van der Waals surface area contributed by atoms with Crippen LogP contribution in [0.1, 0.15) is 28.4 Å². The summed E-state index contributed by atoms with van der Waals surface area (Å²) in [7, 11) is 0. The average molecular weight is 402 g/mol. The minimum atomic E-state index is -0.670. The zero-order valence-electron chi connectivity index (χ0n) is 17.2. The first kappa shape index (κ1) is 21.1. The number of benzene rings is 3. The van der Waals surface area contributed by atoms with E-state index in [0.717, 1.165) is 17.7 Å². The fourth-order valence-electron chi connectivity index (χ4n) is 2.89. The van der Waals surface area contributed by atoms with Gasteiger partial charge in [0.05, 0.1) is 0 Å². The minimum absolute atomic E-state index is 0.136. The largest absolute Gasteiger partial charge is 0.481 e. The van der Waals surface area contributed by atoms with Gasteiger partial charge in [-0.25, -0.2) is 0 Å². The van der Waals surface area contributed by atoms with Crippen LogP contribution in [0.25, 0.3) is 0 Å². The molecule has 5 heteroatoms. The normalized spacial score (nSPS) is 11.4. The van der Waals surface area contributed by atoms with Crippen LogP contribution < -0.4 is 15.4 Å². The Morgan fingerprint density at radius 2 is 1.57 bits per heavy atom. The van der Waals surface area contributed by atoms with Gasteiger partial charge in [-0.05, 0) is 62.2 Å². The Labute approximate surface area is 177 Å². The molecule has 1 unspecified atom stereocenters. The maximum atomic E-state index is 12.3. The van der Waals surface area contributed by atoms with E-state index in [0.29, 0.717) is 17.9 Å². The summed E-state index contributed by atoms with van der Waals surface area (Å²) in [6.45, 7) is 4.25. The first-order valence-corrected chi connectivity index (χ1v) is 9.97. The molecule has 0 aliphatic carbocycles. The number of amides is 2. The molecule has 154 valence electrons. The van der Waals surface area contributed by atoms with Crippen molar-refractivity contribution in [2.45, 2.75) is 26.4 Å². The number of hydrogen-bond donors (Lipinski definition) is 2. The summed E-state index contributed by atoms with van der Waals surface area (Å²) in [6.07, 6.45) is 0.110. The van der Waals surface area contributed by atoms with Crippen LogP contribution in [0.4, 0.5) is 5.69 Å². The number of carbonyl (C=O) groups excluding carboxylic acids is 2. The zero-order valence-corrected chi connectivity index (χ0v) is 17.2. The van der Waals surface area contributed by atoms with Crippen LogP contribution >= 0.6 is 0 Å². The summed E-state index contributed by atoms with van der Waals surface area (Å²) < 4.78 is 5.70. The molecule has 0 spiro atoms. The Kier molecular flexibility index (Phi) is 7.22. The third kappa shape index (κ3) is 6.21. The molecule has 0 bridgehead atoms. The molecule has 0 radical (unpaired) electrons. The van der Waals surface area contributed by atoms with Crippen molar-refractivity contribution in [3.05, 3.63) is 95.6 Å². The molecule has 0 aromatic heterocycles. The van der Waals surface area contributed by atoms with Gasteiger partial charge in [0.2, 0.25) is 0 Å². The summed E-state index contributed by atoms with van der Waals surface area (Å²) in [4.78, 5) is 24.6. The van der Waals surface area contributed by atoms with Crippen molar-refractivity contribution >= 4 is 17.5 Å². The first-order valence-electron chi connectivity index (χ1n) is 9.97. The number of nitrogens with one attached hydrogen (secondary N) is 2. The quantitative estimate of drug-likeness (QED) is 0.588. The van der Waals surface area contributed by atoms with Crippen molar-refractivity contribution in [2.24, 2.45) is 0 Å². The van der Waals surface area contributed by atoms with Gasteiger partial charge in [0.25, 0.3) is 11.8 Å². The van der Waals surface area contributed by atoms with Crippen molar-refractivity contribution in [3.8, 4) is 5.75 Å². The molecule has 0 saturated carbocycles. The van der Waals surface area contributed by atoms with E-state index in [4.69, 9.17) is 4.74 Å². The molecular weight excluding hydrogens is 376 g/mol. The van der Waals surface area contributed by atoms with E-state index in [1.165, 1.54) is 5.56 Å². The van der Waals surface area contributed by atoms with Gasteiger partial charge in [0.1, 0.15) is 5.75 Å². The van der Waals surface area contributed by atoms with Crippen LogP contribution in [0.2, 0.25) is 0 Å². The fraction of sp³-hybridized carbons (Fsp3) is 0.200. The van der Waals surface area contributed by atoms with Crippen molar-refractivity contribution in [3.63, 3.8) is 0 Å². The van der Waals surface area contributed by atoms with Gasteiger partial charge >= 0.3 is 0 Å². The van der Waals surface area contributed by atoms with Crippen molar-refractivity contribution in [2.75, 3.05) is 11.9 Å². The van der Waals surface area contributed by atoms with Gasteiger partial charge in [-0.3, -0.25) is 9.59 Å². The predicted molar refractivity (Wildman–Crippen MR) is 119 cm³/mol. The molecule has 3 aromatic carbocycles. The minimum Gasteiger partial charge on any atom is -0.481 e. The topological polar surface area (TPSA) is 67.4 Å². The molecule has 0 heterocycles. The van der Waals surface area contributed by atoms with E-state index in [1.807, 2.05) is 61.5 Å². The number of ether oxygens (including phenoxy) is 1. The number of aryl methyl sites for hydroxylation is 1. The standard InChI is InChI=1S/C25H26N2O3/c1-18-8-12-22(13-9-18)27-24(28)19(2)30-23-14-10-21(11-15-23)25(29)26-17-16-20-6-4-3-5-7-20/h3-15,19H,16-17H2,1-2H3,(H,26,29)(H,27,28). The number of hydrogen-bond acceptors (Lipinski definition) is 3. The van der Waals surface area contributed by atoms with Gasteiger partial charge in [0, 0.05) is 17.8 Å². The zero-order chi connectivity index (χ0) is 21.3. The van der Waals surface area contributed by atoms with Crippen molar-refractivity contribution < 1.29 is 14.3 Å². The van der Waals surface area contributed by atoms with E-state index >= 15 is 0 Å². The molecular formula is C25H26N2O3. The van der Waals surface area contributed by atoms with Crippen molar-refractivity contribution in [1.82, 2.24) is 5.32 Å². The lowest BCUT2D eigenvalue weighted by Gasteiger charge is -2.15. The highest BCUT2D eigenvalue weighted by Gasteiger charge is 2.15. The Morgan fingerprint density at radius 1 is 0.900 bits per heavy atom. The summed E-state index contributed by atoms with van der Waals surface area (Å²) in [5, 5.41) is 5.74. The molecule has 3 aromatic rings. The summed E-state index contributed by atoms with van der Waals surface area (Å²) in [5.41, 5.74) is 3.58. The highest BCUT2D eigenvalue weighted by atomic mass is 16.5. The third-order valence-corrected chi connectivity index (χ3v) is 4.66. The molecule has 3 rings (SSSR count). The van der Waals surface area contributed by atoms with E-state index in [-0.39, 0.29) is 11.8 Å². The first-order chi connectivity index (χ1) is 14.5. The summed E-state index contributed by atoms with van der Waals surface area (Å²) in [5.74, 6) is 0.159. The maximum Gasteiger partial charge on any atom is 0.265 e. The lowest BCUT2D eigenvalue weighted by molar-refractivity contribution is -0.122. The Balaban J connectivity index is 1.47. The second-order valence-electron chi connectivity index (χ2n) is 7.13. The molecule has 2 amide bonds. The summed E-state index contributed by atoms with van der Waals surface area (Å²) >= 11 is 0. The van der Waals surface area contributed by atoms with E-state index in [1.54, 1.807) is 31.2 Å². The average Bonchev–Trinajstić information content (AvgIpc) is 2.76. The van der Waals surface area contributed by atoms with Crippen LogP contribution in [-0.2, 0) is 11.2 Å². The molecule has 0 fully saturated rings. The highest BCUT2D eigenvalue weighted by Crippen LogP contribution is 2.15. The van der Waals surface area contributed by atoms with Gasteiger partial charge in [-0.15, -0.1) is 0 Å². The lowest BCUT2D eigenvalue weighted by Crippen LogP contribution is -2.30. The monoisotopic (exact) mass is 402 g/mol. The van der Waals surface area contributed by atoms with Crippen LogP contribution in [0.5, 0.6) is 5.75 Å². The van der Waals surface area contributed by atoms with E-state index < -0.39 is 6.10 Å². The molecule has 1 atom stereocenters. The molecule has 30 heavy (non-hydrogen) atoms. The van der Waals surface area contributed by atoms with Crippen LogP contribution in [0.3, 0.4) is 0 Å². The van der Waals surface area contributed by atoms with Crippen LogP contribution in [0.15, 0.2) is 78.9 Å². The number of rotatable bonds is 8. The van der Waals surface area contributed by atoms with Gasteiger partial charge < -0.3 is 15.4 Å². The van der Waals surface area contributed by atoms with Crippen molar-refractivity contribution in [1.29, 1.82) is 0 Å². The predicted octanol–water partition coefficient (Wildman–Crippen LogP) is 4.37. The van der Waals surface area contributed by atoms with Gasteiger partial charge in [-0.1, -0.05) is 48.0 Å². The lowest BCUT2D eigenvalue weighted by atomic mass is 10.1. The molecule has 0 saturated heterocycles. The van der Waals surface area contributed by atoms with E-state index in [9.17, 15) is 9.59 Å². The smallest absolute Gasteiger partial charge is 0.265 e. The number of anilines is 1. The van der Waals surface area contributed by atoms with Crippen LogP contribution in [0, 0.1) is 6.92 Å². The second-order valence-corrected chi connectivity index (χ2v) is 7.13. The second kappa shape index (κ2) is 10.3. The fourth-order valence-corrected chi connectivity index (χ4v) is 2.89. The van der Waals surface area contributed by atoms with Gasteiger partial charge in [-0.2, -0.15) is 0 Å². The third-order valence-electron chi connectivity index (χ3n) is 4.66.